The molecule has 1 aromatic heterocycles. The van der Waals surface area contributed by atoms with Gasteiger partial charge in [0.2, 0.25) is 0 Å². The van der Waals surface area contributed by atoms with Gasteiger partial charge in [-0.05, 0) is 47.9 Å². The van der Waals surface area contributed by atoms with Crippen molar-refractivity contribution in [3.8, 4) is 5.75 Å². The summed E-state index contributed by atoms with van der Waals surface area (Å²) in [6.45, 7) is 0. The summed E-state index contributed by atoms with van der Waals surface area (Å²) in [5, 5.41) is 10.6. The molecule has 2 amide bonds. The second-order valence-corrected chi connectivity index (χ2v) is 7.50. The fraction of sp³-hybridized carbons (Fsp3) is 0.0500. The normalized spacial score (nSPS) is 10.1. The number of methoxy groups -OCH3 is 1. The first-order chi connectivity index (χ1) is 14.0. The average Bonchev–Trinajstić information content (AvgIpc) is 3.24. The Morgan fingerprint density at radius 1 is 1.03 bits per heavy atom. The first-order valence-electron chi connectivity index (χ1n) is 8.37. The van der Waals surface area contributed by atoms with E-state index in [0.29, 0.717) is 32.6 Å². The van der Waals surface area contributed by atoms with Crippen LogP contribution in [-0.4, -0.2) is 24.0 Å². The molecular formula is C20H16ClN3O3S2. The van der Waals surface area contributed by atoms with Crippen LogP contribution < -0.4 is 20.7 Å². The summed E-state index contributed by atoms with van der Waals surface area (Å²) in [4.78, 5) is 25.1. The quantitative estimate of drug-likeness (QED) is 0.492. The number of benzene rings is 2. The highest BCUT2D eigenvalue weighted by Gasteiger charge is 2.14. The zero-order chi connectivity index (χ0) is 20.8. The van der Waals surface area contributed by atoms with Crippen LogP contribution in [0.5, 0.6) is 5.75 Å². The highest BCUT2D eigenvalue weighted by Crippen LogP contribution is 2.29. The lowest BCUT2D eigenvalue weighted by atomic mass is 10.2. The van der Waals surface area contributed by atoms with Gasteiger partial charge in [-0.2, -0.15) is 0 Å². The van der Waals surface area contributed by atoms with E-state index in [4.69, 9.17) is 28.6 Å². The number of halogens is 1. The minimum absolute atomic E-state index is 0.151. The monoisotopic (exact) mass is 445 g/mol. The molecule has 0 fully saturated rings. The van der Waals surface area contributed by atoms with Crippen LogP contribution in [0.1, 0.15) is 20.0 Å². The van der Waals surface area contributed by atoms with E-state index in [2.05, 4.69) is 16.0 Å². The lowest BCUT2D eigenvalue weighted by molar-refractivity contribution is 0.0980. The average molecular weight is 446 g/mol. The predicted molar refractivity (Wildman–Crippen MR) is 120 cm³/mol. The van der Waals surface area contributed by atoms with Gasteiger partial charge in [-0.15, -0.1) is 11.3 Å². The number of hydrogen-bond donors (Lipinski definition) is 3. The molecule has 0 unspecified atom stereocenters. The van der Waals surface area contributed by atoms with Crippen molar-refractivity contribution in [2.45, 2.75) is 0 Å². The Hall–Kier alpha value is -2.94. The van der Waals surface area contributed by atoms with Crippen LogP contribution in [0.4, 0.5) is 11.4 Å². The smallest absolute Gasteiger partial charge is 0.267 e. The van der Waals surface area contributed by atoms with E-state index in [1.807, 2.05) is 5.38 Å². The molecule has 0 aliphatic rings. The number of hydrogen-bond acceptors (Lipinski definition) is 5. The summed E-state index contributed by atoms with van der Waals surface area (Å²) < 4.78 is 5.36. The highest BCUT2D eigenvalue weighted by atomic mass is 35.5. The van der Waals surface area contributed by atoms with Gasteiger partial charge in [-0.25, -0.2) is 0 Å². The zero-order valence-electron chi connectivity index (χ0n) is 15.2. The van der Waals surface area contributed by atoms with Gasteiger partial charge in [0, 0.05) is 11.8 Å². The minimum atomic E-state index is -0.353. The van der Waals surface area contributed by atoms with Crippen LogP contribution >= 0.6 is 35.2 Å². The van der Waals surface area contributed by atoms with Gasteiger partial charge in [0.25, 0.3) is 11.8 Å². The fourth-order valence-corrected chi connectivity index (χ4v) is 3.49. The van der Waals surface area contributed by atoms with Gasteiger partial charge in [0.1, 0.15) is 5.75 Å². The van der Waals surface area contributed by atoms with E-state index in [1.165, 1.54) is 18.4 Å². The van der Waals surface area contributed by atoms with Gasteiger partial charge >= 0.3 is 0 Å². The molecule has 0 radical (unpaired) electrons. The van der Waals surface area contributed by atoms with Crippen LogP contribution in [0.2, 0.25) is 5.02 Å². The fourth-order valence-electron chi connectivity index (χ4n) is 2.44. The lowest BCUT2D eigenvalue weighted by Gasteiger charge is -2.14. The largest absolute Gasteiger partial charge is 0.494 e. The SMILES string of the molecule is COc1cc(NC(=S)NC(=O)c2cccs2)ccc1NC(=O)c1ccccc1Cl. The molecule has 3 N–H and O–H groups in total. The van der Waals surface area contributed by atoms with E-state index >= 15 is 0 Å². The maximum absolute atomic E-state index is 12.5. The van der Waals surface area contributed by atoms with Crippen molar-refractivity contribution < 1.29 is 14.3 Å². The Kier molecular flexibility index (Phi) is 6.82. The number of nitrogens with one attached hydrogen (secondary N) is 3. The molecule has 29 heavy (non-hydrogen) atoms. The summed E-state index contributed by atoms with van der Waals surface area (Å²) in [7, 11) is 1.49. The maximum atomic E-state index is 12.5. The summed E-state index contributed by atoms with van der Waals surface area (Å²) >= 11 is 12.6. The first kappa shape index (κ1) is 20.8. The second kappa shape index (κ2) is 9.51. The van der Waals surface area contributed by atoms with E-state index in [1.54, 1.807) is 54.6 Å². The molecule has 0 saturated heterocycles. The van der Waals surface area contributed by atoms with Gasteiger partial charge in [0.15, 0.2) is 5.11 Å². The Morgan fingerprint density at radius 3 is 2.52 bits per heavy atom. The Labute approximate surface area is 181 Å². The molecule has 2 aromatic carbocycles. The van der Waals surface area contributed by atoms with Crippen LogP contribution in [-0.2, 0) is 0 Å². The van der Waals surface area contributed by atoms with Crippen molar-refractivity contribution in [1.82, 2.24) is 5.32 Å². The summed E-state index contributed by atoms with van der Waals surface area (Å²) in [5.74, 6) is -0.218. The lowest BCUT2D eigenvalue weighted by Crippen LogP contribution is -2.33. The molecule has 0 bridgehead atoms. The highest BCUT2D eigenvalue weighted by molar-refractivity contribution is 7.80. The summed E-state index contributed by atoms with van der Waals surface area (Å²) in [5.41, 5.74) is 1.42. The molecule has 0 atom stereocenters. The topological polar surface area (TPSA) is 79.5 Å². The number of thiophene rings is 1. The number of ether oxygens (including phenoxy) is 1. The molecule has 9 heteroatoms. The standard InChI is InChI=1S/C20H16ClN3O3S2/c1-27-16-11-12(22-20(28)24-19(26)17-7-4-10-29-17)8-9-15(16)23-18(25)13-5-2-3-6-14(13)21/h2-11H,1H3,(H,23,25)(H2,22,24,26,28). The van der Waals surface area contributed by atoms with E-state index in [0.717, 1.165) is 0 Å². The number of anilines is 2. The molecule has 6 nitrogen and oxygen atoms in total. The minimum Gasteiger partial charge on any atom is -0.494 e. The molecule has 0 spiro atoms. The molecule has 148 valence electrons. The van der Waals surface area contributed by atoms with Crippen molar-refractivity contribution in [3.05, 3.63) is 75.4 Å². The van der Waals surface area contributed by atoms with E-state index in [9.17, 15) is 9.59 Å². The molecule has 3 aromatic rings. The molecule has 1 heterocycles. The number of carbonyl (C=O) groups excluding carboxylic acids is 2. The van der Waals surface area contributed by atoms with Crippen molar-refractivity contribution in [3.63, 3.8) is 0 Å². The van der Waals surface area contributed by atoms with Gasteiger partial charge < -0.3 is 15.4 Å². The van der Waals surface area contributed by atoms with E-state index < -0.39 is 0 Å². The van der Waals surface area contributed by atoms with Gasteiger partial charge in [-0.1, -0.05) is 29.8 Å². The molecule has 0 aliphatic heterocycles. The van der Waals surface area contributed by atoms with Crippen molar-refractivity contribution in [2.75, 3.05) is 17.7 Å². The second-order valence-electron chi connectivity index (χ2n) is 5.73. The van der Waals surface area contributed by atoms with Crippen LogP contribution in [0, 0.1) is 0 Å². The number of amides is 2. The predicted octanol–water partition coefficient (Wildman–Crippen LogP) is 4.79. The maximum Gasteiger partial charge on any atom is 0.267 e. The third-order valence-corrected chi connectivity index (χ3v) is 5.20. The van der Waals surface area contributed by atoms with Crippen LogP contribution in [0.25, 0.3) is 0 Å². The first-order valence-corrected chi connectivity index (χ1v) is 10.0. The Balaban J connectivity index is 1.68. The third-order valence-electron chi connectivity index (χ3n) is 3.80. The van der Waals surface area contributed by atoms with E-state index in [-0.39, 0.29) is 16.9 Å². The molecule has 3 rings (SSSR count). The van der Waals surface area contributed by atoms with Crippen LogP contribution in [0.15, 0.2) is 60.0 Å². The molecular weight excluding hydrogens is 430 g/mol. The summed E-state index contributed by atoms with van der Waals surface area (Å²) in [6, 6.07) is 15.3. The van der Waals surface area contributed by atoms with Crippen molar-refractivity contribution in [2.24, 2.45) is 0 Å². The van der Waals surface area contributed by atoms with Crippen LogP contribution in [0.3, 0.4) is 0 Å². The third kappa shape index (κ3) is 5.32. The van der Waals surface area contributed by atoms with Gasteiger partial charge in [0.05, 0.1) is 28.3 Å². The molecule has 0 aliphatic carbocycles. The number of rotatable bonds is 5. The van der Waals surface area contributed by atoms with Crippen molar-refractivity contribution >= 4 is 63.5 Å². The number of thiocarbonyl (C=S) groups is 1. The zero-order valence-corrected chi connectivity index (χ0v) is 17.6. The van der Waals surface area contributed by atoms with Crippen molar-refractivity contribution in [1.29, 1.82) is 0 Å². The van der Waals surface area contributed by atoms with Gasteiger partial charge in [-0.3, -0.25) is 14.9 Å². The molecule has 0 saturated carbocycles. The number of carbonyl (C=O) groups is 2. The Morgan fingerprint density at radius 2 is 1.83 bits per heavy atom. The Bertz CT molecular complexity index is 1050. The summed E-state index contributed by atoms with van der Waals surface area (Å²) in [6.07, 6.45) is 0.